The summed E-state index contributed by atoms with van der Waals surface area (Å²) < 4.78 is 0. The highest BCUT2D eigenvalue weighted by Crippen LogP contribution is 2.16. The van der Waals surface area contributed by atoms with Gasteiger partial charge in [-0.25, -0.2) is 0 Å². The van der Waals surface area contributed by atoms with E-state index >= 15 is 0 Å². The van der Waals surface area contributed by atoms with Crippen molar-refractivity contribution in [3.8, 4) is 0 Å². The fourth-order valence-electron chi connectivity index (χ4n) is 8.14. The van der Waals surface area contributed by atoms with Crippen molar-refractivity contribution in [1.82, 2.24) is 5.32 Å². The van der Waals surface area contributed by atoms with Crippen molar-refractivity contribution < 1.29 is 20.1 Å². The standard InChI is InChI=1S/C54H103NO4/c1-3-5-7-9-11-13-14-15-16-17-18-19-20-21-22-23-24-25-26-27-28-29-30-31-32-33-34-35-36-37-38-40-41-43-45-47-51(57)49-54(59)55-52(50-56)53(58)48-46-44-42-39-12-10-8-6-4-2/h22-23,25-26,46,48,51-53,56-58H,3-21,24,27-45,47,49-50H2,1-2H3,(H,55,59)/b23-22-,26-25-,48-46+. The van der Waals surface area contributed by atoms with Crippen LogP contribution in [0.4, 0.5) is 0 Å². The molecule has 3 atom stereocenters. The Bertz CT molecular complexity index is 916. The smallest absolute Gasteiger partial charge is 0.222 e. The van der Waals surface area contributed by atoms with E-state index in [1.54, 1.807) is 6.08 Å². The monoisotopic (exact) mass is 830 g/mol. The van der Waals surface area contributed by atoms with Crippen molar-refractivity contribution in [3.63, 3.8) is 0 Å². The summed E-state index contributed by atoms with van der Waals surface area (Å²) in [6, 6.07) is -0.741. The summed E-state index contributed by atoms with van der Waals surface area (Å²) >= 11 is 0. The number of amides is 1. The van der Waals surface area contributed by atoms with E-state index in [1.807, 2.05) is 6.08 Å². The van der Waals surface area contributed by atoms with E-state index in [9.17, 15) is 20.1 Å². The van der Waals surface area contributed by atoms with E-state index < -0.39 is 18.2 Å². The number of hydrogen-bond donors (Lipinski definition) is 4. The molecule has 0 aliphatic heterocycles. The van der Waals surface area contributed by atoms with Gasteiger partial charge in [0.25, 0.3) is 0 Å². The van der Waals surface area contributed by atoms with E-state index in [4.69, 9.17) is 0 Å². The van der Waals surface area contributed by atoms with E-state index in [1.165, 1.54) is 218 Å². The first-order valence-electron chi connectivity index (χ1n) is 26.3. The second-order valence-electron chi connectivity index (χ2n) is 18.1. The molecule has 0 aliphatic rings. The summed E-state index contributed by atoms with van der Waals surface area (Å²) in [7, 11) is 0. The lowest BCUT2D eigenvalue weighted by molar-refractivity contribution is -0.124. The maximum absolute atomic E-state index is 12.4. The lowest BCUT2D eigenvalue weighted by Gasteiger charge is -2.21. The number of hydrogen-bond acceptors (Lipinski definition) is 4. The molecule has 5 nitrogen and oxygen atoms in total. The molecular weight excluding hydrogens is 727 g/mol. The Morgan fingerprint density at radius 3 is 1.12 bits per heavy atom. The first kappa shape index (κ1) is 57.6. The van der Waals surface area contributed by atoms with Crippen LogP contribution in [0.5, 0.6) is 0 Å². The molecular formula is C54H103NO4. The molecule has 0 fully saturated rings. The number of carbonyl (C=O) groups is 1. The van der Waals surface area contributed by atoms with Gasteiger partial charge in [0.15, 0.2) is 0 Å². The first-order valence-corrected chi connectivity index (χ1v) is 26.3. The maximum Gasteiger partial charge on any atom is 0.222 e. The Kier molecular flexibility index (Phi) is 48.0. The van der Waals surface area contributed by atoms with Gasteiger partial charge < -0.3 is 20.6 Å². The minimum atomic E-state index is -0.926. The van der Waals surface area contributed by atoms with Crippen LogP contribution in [-0.2, 0) is 4.79 Å². The van der Waals surface area contributed by atoms with Crippen molar-refractivity contribution in [3.05, 3.63) is 36.5 Å². The van der Waals surface area contributed by atoms with Crippen LogP contribution in [0.1, 0.15) is 277 Å². The van der Waals surface area contributed by atoms with E-state index in [-0.39, 0.29) is 18.9 Å². The van der Waals surface area contributed by atoms with E-state index in [0.29, 0.717) is 6.42 Å². The number of aliphatic hydroxyl groups excluding tert-OH is 3. The molecule has 348 valence electrons. The Balaban J connectivity index is 3.47. The second-order valence-corrected chi connectivity index (χ2v) is 18.1. The van der Waals surface area contributed by atoms with Crippen LogP contribution in [0.2, 0.25) is 0 Å². The topological polar surface area (TPSA) is 89.8 Å². The molecule has 3 unspecified atom stereocenters. The Hall–Kier alpha value is -1.43. The van der Waals surface area contributed by atoms with Gasteiger partial charge in [-0.1, -0.05) is 256 Å². The summed E-state index contributed by atoms with van der Waals surface area (Å²) in [5, 5.41) is 33.1. The predicted molar refractivity (Wildman–Crippen MR) is 259 cm³/mol. The fourth-order valence-corrected chi connectivity index (χ4v) is 8.14. The van der Waals surface area contributed by atoms with Gasteiger partial charge in [0.2, 0.25) is 5.91 Å². The average molecular weight is 830 g/mol. The van der Waals surface area contributed by atoms with E-state index in [0.717, 1.165) is 32.1 Å². The Morgan fingerprint density at radius 1 is 0.441 bits per heavy atom. The van der Waals surface area contributed by atoms with Gasteiger partial charge in [0.1, 0.15) is 0 Å². The number of rotatable bonds is 48. The van der Waals surface area contributed by atoms with Gasteiger partial charge in [-0.15, -0.1) is 0 Å². The van der Waals surface area contributed by atoms with Crippen LogP contribution in [0.3, 0.4) is 0 Å². The number of allylic oxidation sites excluding steroid dienone is 5. The Labute approximate surface area is 368 Å². The van der Waals surface area contributed by atoms with Gasteiger partial charge in [0, 0.05) is 0 Å². The van der Waals surface area contributed by atoms with Crippen LogP contribution in [-0.4, -0.2) is 46.1 Å². The molecule has 0 aromatic carbocycles. The quantitative estimate of drug-likeness (QED) is 0.0363. The van der Waals surface area contributed by atoms with Crippen molar-refractivity contribution >= 4 is 5.91 Å². The van der Waals surface area contributed by atoms with Gasteiger partial charge >= 0.3 is 0 Å². The zero-order chi connectivity index (χ0) is 43.0. The summed E-state index contributed by atoms with van der Waals surface area (Å²) in [4.78, 5) is 12.4. The minimum Gasteiger partial charge on any atom is -0.394 e. The molecule has 0 aliphatic carbocycles. The Morgan fingerprint density at radius 2 is 0.763 bits per heavy atom. The highest BCUT2D eigenvalue weighted by Gasteiger charge is 2.20. The number of nitrogens with one attached hydrogen (secondary N) is 1. The van der Waals surface area contributed by atoms with Gasteiger partial charge in [0.05, 0.1) is 31.3 Å². The molecule has 0 rings (SSSR count). The molecule has 5 heteroatoms. The van der Waals surface area contributed by atoms with Crippen molar-refractivity contribution in [1.29, 1.82) is 0 Å². The molecule has 4 N–H and O–H groups in total. The average Bonchev–Trinajstić information content (AvgIpc) is 3.23. The molecule has 0 aromatic heterocycles. The van der Waals surface area contributed by atoms with Gasteiger partial charge in [-0.05, 0) is 51.4 Å². The highest BCUT2D eigenvalue weighted by atomic mass is 16.3. The third-order valence-corrected chi connectivity index (χ3v) is 12.2. The molecule has 0 saturated heterocycles. The van der Waals surface area contributed by atoms with Crippen LogP contribution < -0.4 is 5.32 Å². The number of carbonyl (C=O) groups excluding carboxylic acids is 1. The third-order valence-electron chi connectivity index (χ3n) is 12.2. The lowest BCUT2D eigenvalue weighted by atomic mass is 10.0. The van der Waals surface area contributed by atoms with Crippen LogP contribution in [0, 0.1) is 0 Å². The molecule has 0 saturated carbocycles. The zero-order valence-electron chi connectivity index (χ0n) is 39.6. The summed E-state index contributed by atoms with van der Waals surface area (Å²) in [5.41, 5.74) is 0. The molecule has 0 aromatic rings. The number of aliphatic hydroxyl groups is 3. The maximum atomic E-state index is 12.4. The zero-order valence-corrected chi connectivity index (χ0v) is 39.6. The molecule has 0 radical (unpaired) electrons. The normalized spacial score (nSPS) is 13.6. The minimum absolute atomic E-state index is 0.0143. The van der Waals surface area contributed by atoms with Crippen LogP contribution >= 0.6 is 0 Å². The molecule has 1 amide bonds. The molecule has 0 bridgehead atoms. The van der Waals surface area contributed by atoms with Crippen molar-refractivity contribution in [2.24, 2.45) is 0 Å². The summed E-state index contributed by atoms with van der Waals surface area (Å²) in [5.74, 6) is -0.316. The molecule has 0 spiro atoms. The second kappa shape index (κ2) is 49.2. The van der Waals surface area contributed by atoms with Crippen molar-refractivity contribution in [2.45, 2.75) is 295 Å². The van der Waals surface area contributed by atoms with Crippen LogP contribution in [0.15, 0.2) is 36.5 Å². The van der Waals surface area contributed by atoms with E-state index in [2.05, 4.69) is 43.5 Å². The first-order chi connectivity index (χ1) is 29.0. The van der Waals surface area contributed by atoms with Gasteiger partial charge in [-0.2, -0.15) is 0 Å². The summed E-state index contributed by atoms with van der Waals surface area (Å²) in [6.45, 7) is 4.19. The molecule has 59 heavy (non-hydrogen) atoms. The largest absolute Gasteiger partial charge is 0.394 e. The van der Waals surface area contributed by atoms with Crippen LogP contribution in [0.25, 0.3) is 0 Å². The predicted octanol–water partition coefficient (Wildman–Crippen LogP) is 15.9. The SMILES string of the molecule is CCCCCCCCC/C=C/C(O)C(CO)NC(=O)CC(O)CCCCCCCCCCCCCCCCC/C=C\C/C=C\CCCCCCCCCCCCCCC. The fraction of sp³-hybridized carbons (Fsp3) is 0.870. The lowest BCUT2D eigenvalue weighted by Crippen LogP contribution is -2.45. The summed E-state index contributed by atoms with van der Waals surface area (Å²) in [6.07, 6.45) is 63.5. The van der Waals surface area contributed by atoms with Gasteiger partial charge in [-0.3, -0.25) is 4.79 Å². The highest BCUT2D eigenvalue weighted by molar-refractivity contribution is 5.76. The third kappa shape index (κ3) is 45.9. The van der Waals surface area contributed by atoms with Crippen molar-refractivity contribution in [2.75, 3.05) is 6.61 Å². The molecule has 0 heterocycles. The number of unbranched alkanes of at least 4 members (excludes halogenated alkanes) is 35.